The molecule has 0 amide bonds. The van der Waals surface area contributed by atoms with Crippen LogP contribution in [0.5, 0.6) is 0 Å². The number of allylic oxidation sites excluding steroid dienone is 6. The van der Waals surface area contributed by atoms with E-state index in [1.807, 2.05) is 19.9 Å². The number of ether oxygens (including phenoxy) is 5. The van der Waals surface area contributed by atoms with E-state index < -0.39 is 23.4 Å². The molecule has 0 radical (unpaired) electrons. The van der Waals surface area contributed by atoms with Crippen LogP contribution in [0.25, 0.3) is 0 Å². The van der Waals surface area contributed by atoms with Crippen molar-refractivity contribution in [2.24, 2.45) is 5.92 Å². The van der Waals surface area contributed by atoms with Crippen LogP contribution in [0.1, 0.15) is 113 Å². The van der Waals surface area contributed by atoms with E-state index in [-0.39, 0.29) is 48.8 Å². The standard InChI is InChI=1S/C46H70N2O7/c1-9-10-11-12-21-42(45(6,7)50)54-38-22-24-46(8)43(51-33(38)5)28-41-44(55-46)36(49)27-40-39(53-41)26-32(4)37(52-40)20-16-13-17-30(2)31(3)23-25-48-29-47-34-18-14-15-19-35(34)48/h9-11,14-15,17-19,23,32-33,36-44,47,49-50H,1,12-13,16,20-22,24-29H2,2-8H3/b11-10-,30-17+,31-23+. The summed E-state index contributed by atoms with van der Waals surface area (Å²) in [5.74, 6) is 0.358. The van der Waals surface area contributed by atoms with Crippen LogP contribution in [0, 0.1) is 5.92 Å². The molecule has 0 aromatic heterocycles. The lowest BCUT2D eigenvalue weighted by Gasteiger charge is -2.48. The van der Waals surface area contributed by atoms with Crippen LogP contribution >= 0.6 is 0 Å². The monoisotopic (exact) mass is 763 g/mol. The SMILES string of the molecule is C=C/C=C\CCC(OC1CCC2(C)OC3C(O)CC4OC(CCC/C=C(C)/C(C)=C/CN5CNc6ccccc65)C(C)CC4OC3CC2OC1C)C(C)(C)O. The molecule has 5 aliphatic heterocycles. The van der Waals surface area contributed by atoms with Crippen molar-refractivity contribution in [3.63, 3.8) is 0 Å². The summed E-state index contributed by atoms with van der Waals surface area (Å²) in [5, 5.41) is 26.1. The topological polar surface area (TPSA) is 102 Å². The zero-order valence-corrected chi connectivity index (χ0v) is 34.6. The summed E-state index contributed by atoms with van der Waals surface area (Å²) in [6.45, 7) is 20.0. The number of anilines is 2. The normalized spacial score (nSPS) is 36.2. The average Bonchev–Trinajstić information content (AvgIpc) is 3.45. The van der Waals surface area contributed by atoms with Gasteiger partial charge in [-0.05, 0) is 111 Å². The fraction of sp³-hybridized carbons (Fsp3) is 0.696. The van der Waals surface area contributed by atoms with Crippen LogP contribution in [-0.4, -0.2) is 95.7 Å². The zero-order valence-electron chi connectivity index (χ0n) is 34.6. The summed E-state index contributed by atoms with van der Waals surface area (Å²) in [4.78, 5) is 2.37. The Kier molecular flexibility index (Phi) is 14.1. The maximum atomic E-state index is 11.7. The third kappa shape index (κ3) is 10.3. The highest BCUT2D eigenvalue weighted by atomic mass is 16.6. The highest BCUT2D eigenvalue weighted by Crippen LogP contribution is 2.45. The first-order chi connectivity index (χ1) is 26.3. The molecule has 0 aliphatic carbocycles. The quantitative estimate of drug-likeness (QED) is 0.127. The van der Waals surface area contributed by atoms with Crippen molar-refractivity contribution in [1.29, 1.82) is 0 Å². The Morgan fingerprint density at radius 3 is 2.60 bits per heavy atom. The Balaban J connectivity index is 1.00. The van der Waals surface area contributed by atoms with Crippen molar-refractivity contribution < 1.29 is 33.9 Å². The molecule has 306 valence electrons. The van der Waals surface area contributed by atoms with E-state index >= 15 is 0 Å². The van der Waals surface area contributed by atoms with E-state index in [0.29, 0.717) is 25.2 Å². The summed E-state index contributed by atoms with van der Waals surface area (Å²) in [7, 11) is 0. The molecule has 6 rings (SSSR count). The Hall–Kier alpha value is -2.50. The van der Waals surface area contributed by atoms with Crippen LogP contribution in [0.15, 0.2) is 72.4 Å². The van der Waals surface area contributed by atoms with Gasteiger partial charge < -0.3 is 44.1 Å². The molecule has 3 N–H and O–H groups in total. The molecule has 4 saturated heterocycles. The van der Waals surface area contributed by atoms with Gasteiger partial charge in [-0.1, -0.05) is 67.2 Å². The molecule has 12 atom stereocenters. The van der Waals surface area contributed by atoms with E-state index in [9.17, 15) is 10.2 Å². The van der Waals surface area contributed by atoms with Gasteiger partial charge in [-0.3, -0.25) is 0 Å². The lowest BCUT2D eigenvalue weighted by Crippen LogP contribution is -2.59. The summed E-state index contributed by atoms with van der Waals surface area (Å²) < 4.78 is 33.9. The molecule has 9 nitrogen and oxygen atoms in total. The second kappa shape index (κ2) is 18.4. The minimum absolute atomic E-state index is 0.0847. The second-order valence-corrected chi connectivity index (χ2v) is 17.8. The van der Waals surface area contributed by atoms with Gasteiger partial charge in [0, 0.05) is 19.4 Å². The van der Waals surface area contributed by atoms with Crippen LogP contribution in [0.2, 0.25) is 0 Å². The molecule has 12 unspecified atom stereocenters. The number of nitrogens with zero attached hydrogens (tertiary/aromatic N) is 1. The average molecular weight is 763 g/mol. The van der Waals surface area contributed by atoms with Gasteiger partial charge in [-0.2, -0.15) is 0 Å². The Morgan fingerprint density at radius 1 is 1.05 bits per heavy atom. The minimum Gasteiger partial charge on any atom is -0.390 e. The van der Waals surface area contributed by atoms with E-state index in [1.54, 1.807) is 6.08 Å². The maximum absolute atomic E-state index is 11.7. The molecule has 1 aromatic carbocycles. The van der Waals surface area contributed by atoms with Crippen LogP contribution in [-0.2, 0) is 23.7 Å². The van der Waals surface area contributed by atoms with E-state index in [0.717, 1.165) is 58.2 Å². The number of hydrogen-bond acceptors (Lipinski definition) is 9. The molecule has 1 aromatic rings. The molecule has 0 spiro atoms. The van der Waals surface area contributed by atoms with Crippen molar-refractivity contribution in [3.05, 3.63) is 72.4 Å². The van der Waals surface area contributed by atoms with Gasteiger partial charge in [0.1, 0.15) is 6.10 Å². The van der Waals surface area contributed by atoms with E-state index in [2.05, 4.69) is 93.9 Å². The maximum Gasteiger partial charge on any atom is 0.111 e. The van der Waals surface area contributed by atoms with Gasteiger partial charge in [0.15, 0.2) is 0 Å². The van der Waals surface area contributed by atoms with Crippen LogP contribution in [0.4, 0.5) is 11.4 Å². The number of unbranched alkanes of at least 4 members (excludes halogenated alkanes) is 1. The van der Waals surface area contributed by atoms with Crippen molar-refractivity contribution >= 4 is 11.4 Å². The third-order valence-corrected chi connectivity index (χ3v) is 13.0. The van der Waals surface area contributed by atoms with E-state index in [4.69, 9.17) is 23.7 Å². The van der Waals surface area contributed by atoms with Crippen molar-refractivity contribution in [2.75, 3.05) is 23.4 Å². The lowest BCUT2D eigenvalue weighted by atomic mass is 9.83. The predicted molar refractivity (Wildman–Crippen MR) is 220 cm³/mol. The van der Waals surface area contributed by atoms with Gasteiger partial charge in [0.2, 0.25) is 0 Å². The van der Waals surface area contributed by atoms with Gasteiger partial charge in [0.25, 0.3) is 0 Å². The number of hydrogen-bond donors (Lipinski definition) is 3. The second-order valence-electron chi connectivity index (χ2n) is 17.8. The first-order valence-corrected chi connectivity index (χ1v) is 21.1. The van der Waals surface area contributed by atoms with E-state index in [1.165, 1.54) is 22.5 Å². The molecule has 55 heavy (non-hydrogen) atoms. The highest BCUT2D eigenvalue weighted by molar-refractivity contribution is 5.74. The van der Waals surface area contributed by atoms with Crippen LogP contribution < -0.4 is 10.2 Å². The molecule has 5 aliphatic rings. The summed E-state index contributed by atoms with van der Waals surface area (Å²) in [5.41, 5.74) is 3.55. The van der Waals surface area contributed by atoms with Crippen molar-refractivity contribution in [1.82, 2.24) is 0 Å². The Labute approximate surface area is 331 Å². The summed E-state index contributed by atoms with van der Waals surface area (Å²) >= 11 is 0. The van der Waals surface area contributed by atoms with Gasteiger partial charge in [-0.25, -0.2) is 0 Å². The molecule has 0 bridgehead atoms. The number of para-hydroxylation sites is 2. The number of fused-ring (bicyclic) bond motifs is 4. The van der Waals surface area contributed by atoms with Gasteiger partial charge >= 0.3 is 0 Å². The fourth-order valence-corrected chi connectivity index (χ4v) is 9.31. The predicted octanol–water partition coefficient (Wildman–Crippen LogP) is 8.41. The van der Waals surface area contributed by atoms with Crippen LogP contribution in [0.3, 0.4) is 0 Å². The first kappa shape index (κ1) is 42.1. The van der Waals surface area contributed by atoms with Gasteiger partial charge in [0.05, 0.1) is 84.2 Å². The largest absolute Gasteiger partial charge is 0.390 e. The molecular formula is C46H70N2O7. The Morgan fingerprint density at radius 2 is 1.82 bits per heavy atom. The Bertz CT molecular complexity index is 1520. The highest BCUT2D eigenvalue weighted by Gasteiger charge is 2.55. The number of aliphatic hydroxyl groups excluding tert-OH is 1. The molecule has 4 fully saturated rings. The molecule has 0 saturated carbocycles. The number of aliphatic hydroxyl groups is 2. The number of rotatable bonds is 14. The fourth-order valence-electron chi connectivity index (χ4n) is 9.31. The molecule has 5 heterocycles. The third-order valence-electron chi connectivity index (χ3n) is 13.0. The summed E-state index contributed by atoms with van der Waals surface area (Å²) in [6, 6.07) is 8.49. The number of nitrogens with one attached hydrogen (secondary N) is 1. The zero-order chi connectivity index (χ0) is 39.3. The van der Waals surface area contributed by atoms with Crippen molar-refractivity contribution in [3.8, 4) is 0 Å². The van der Waals surface area contributed by atoms with Gasteiger partial charge in [-0.15, -0.1) is 0 Å². The summed E-state index contributed by atoms with van der Waals surface area (Å²) in [6.07, 6.45) is 16.1. The molecular weight excluding hydrogens is 693 g/mol. The molecule has 9 heteroatoms. The lowest BCUT2D eigenvalue weighted by molar-refractivity contribution is -0.268. The first-order valence-electron chi connectivity index (χ1n) is 21.1. The van der Waals surface area contributed by atoms with Crippen molar-refractivity contribution in [2.45, 2.75) is 185 Å². The number of benzene rings is 1. The minimum atomic E-state index is -0.992. The smallest absolute Gasteiger partial charge is 0.111 e.